The normalized spacial score (nSPS) is 21.5. The van der Waals surface area contributed by atoms with Gasteiger partial charge in [0.2, 0.25) is 0 Å². The third kappa shape index (κ3) is 3.67. The Kier molecular flexibility index (Phi) is 4.11. The second-order valence-corrected chi connectivity index (χ2v) is 6.42. The number of nitro benzene ring substituents is 1. The lowest BCUT2D eigenvalue weighted by Crippen LogP contribution is -2.27. The van der Waals surface area contributed by atoms with E-state index >= 15 is 0 Å². The van der Waals surface area contributed by atoms with Crippen molar-refractivity contribution < 1.29 is 4.92 Å². The van der Waals surface area contributed by atoms with Gasteiger partial charge in [0.15, 0.2) is 0 Å². The quantitative estimate of drug-likeness (QED) is 0.673. The highest BCUT2D eigenvalue weighted by Gasteiger charge is 2.30. The molecule has 0 aliphatic heterocycles. The van der Waals surface area contributed by atoms with Crippen molar-refractivity contribution in [3.05, 3.63) is 38.9 Å². The molecule has 1 saturated carbocycles. The van der Waals surface area contributed by atoms with Gasteiger partial charge in [0.1, 0.15) is 0 Å². The van der Waals surface area contributed by atoms with Crippen molar-refractivity contribution in [2.75, 3.05) is 0 Å². The van der Waals surface area contributed by atoms with Gasteiger partial charge in [-0.05, 0) is 36.3 Å². The van der Waals surface area contributed by atoms with Gasteiger partial charge in [-0.25, -0.2) is 0 Å². The molecule has 19 heavy (non-hydrogen) atoms. The van der Waals surface area contributed by atoms with Gasteiger partial charge in [0.05, 0.1) is 4.92 Å². The fourth-order valence-corrected chi connectivity index (χ4v) is 2.86. The van der Waals surface area contributed by atoms with Gasteiger partial charge >= 0.3 is 0 Å². The molecule has 1 unspecified atom stereocenters. The second kappa shape index (κ2) is 5.47. The summed E-state index contributed by atoms with van der Waals surface area (Å²) in [4.78, 5) is 10.4. The molecule has 4 nitrogen and oxygen atoms in total. The third-order valence-corrected chi connectivity index (χ3v) is 4.16. The monoisotopic (exact) mass is 282 g/mol. The van der Waals surface area contributed by atoms with E-state index in [9.17, 15) is 10.1 Å². The van der Waals surface area contributed by atoms with Crippen molar-refractivity contribution in [3.8, 4) is 0 Å². The Bertz CT molecular complexity index is 488. The SMILES string of the molecule is CC1(C)CCC(NCc2cc([N+](=O)[O-])ccc2Cl)C1. The Morgan fingerprint density at radius 2 is 2.26 bits per heavy atom. The van der Waals surface area contributed by atoms with E-state index in [1.807, 2.05) is 0 Å². The molecule has 1 atom stereocenters. The number of rotatable bonds is 4. The van der Waals surface area contributed by atoms with Crippen LogP contribution in [-0.2, 0) is 6.54 Å². The largest absolute Gasteiger partial charge is 0.310 e. The zero-order chi connectivity index (χ0) is 14.0. The van der Waals surface area contributed by atoms with E-state index in [1.165, 1.54) is 12.5 Å². The van der Waals surface area contributed by atoms with Gasteiger partial charge in [0, 0.05) is 29.7 Å². The molecular formula is C14H19ClN2O2. The van der Waals surface area contributed by atoms with Crippen molar-refractivity contribution in [2.45, 2.75) is 45.7 Å². The van der Waals surface area contributed by atoms with E-state index in [-0.39, 0.29) is 5.69 Å². The summed E-state index contributed by atoms with van der Waals surface area (Å²) in [6.45, 7) is 5.13. The van der Waals surface area contributed by atoms with Crippen LogP contribution in [-0.4, -0.2) is 11.0 Å². The van der Waals surface area contributed by atoms with Gasteiger partial charge in [-0.1, -0.05) is 25.4 Å². The van der Waals surface area contributed by atoms with Crippen molar-refractivity contribution in [3.63, 3.8) is 0 Å². The summed E-state index contributed by atoms with van der Waals surface area (Å²) in [6.07, 6.45) is 3.51. The molecule has 0 heterocycles. The number of nitrogens with one attached hydrogen (secondary N) is 1. The summed E-state index contributed by atoms with van der Waals surface area (Å²) < 4.78 is 0. The van der Waals surface area contributed by atoms with Gasteiger partial charge in [-0.15, -0.1) is 0 Å². The molecular weight excluding hydrogens is 264 g/mol. The number of hydrogen-bond acceptors (Lipinski definition) is 3. The standard InChI is InChI=1S/C14H19ClN2O2/c1-14(2)6-5-11(8-14)16-9-10-7-12(17(18)19)3-4-13(10)15/h3-4,7,11,16H,5-6,8-9H2,1-2H3. The van der Waals surface area contributed by atoms with E-state index < -0.39 is 4.92 Å². The average Bonchev–Trinajstić information content (AvgIpc) is 2.67. The van der Waals surface area contributed by atoms with Gasteiger partial charge in [0.25, 0.3) is 5.69 Å². The minimum absolute atomic E-state index is 0.0907. The number of nitro groups is 1. The van der Waals surface area contributed by atoms with Crippen molar-refractivity contribution in [2.24, 2.45) is 5.41 Å². The molecule has 0 aromatic heterocycles. The predicted molar refractivity (Wildman–Crippen MR) is 76.4 cm³/mol. The Morgan fingerprint density at radius 3 is 2.84 bits per heavy atom. The molecule has 2 rings (SSSR count). The first kappa shape index (κ1) is 14.3. The van der Waals surface area contributed by atoms with E-state index in [2.05, 4.69) is 19.2 Å². The molecule has 1 aromatic rings. The zero-order valence-corrected chi connectivity index (χ0v) is 12.0. The minimum Gasteiger partial charge on any atom is -0.310 e. The topological polar surface area (TPSA) is 55.2 Å². The first-order valence-electron chi connectivity index (χ1n) is 6.54. The maximum Gasteiger partial charge on any atom is 0.269 e. The highest BCUT2D eigenvalue weighted by Crippen LogP contribution is 2.37. The molecule has 5 heteroatoms. The Morgan fingerprint density at radius 1 is 1.53 bits per heavy atom. The molecule has 1 N–H and O–H groups in total. The number of hydrogen-bond donors (Lipinski definition) is 1. The molecule has 0 saturated heterocycles. The summed E-state index contributed by atoms with van der Waals surface area (Å²) in [5.41, 5.74) is 1.28. The van der Waals surface area contributed by atoms with Crippen LogP contribution in [0, 0.1) is 15.5 Å². The first-order chi connectivity index (χ1) is 8.87. The molecule has 0 bridgehead atoms. The summed E-state index contributed by atoms with van der Waals surface area (Å²) in [5.74, 6) is 0. The summed E-state index contributed by atoms with van der Waals surface area (Å²) in [7, 11) is 0. The van der Waals surface area contributed by atoms with Crippen LogP contribution in [0.1, 0.15) is 38.7 Å². The minimum atomic E-state index is -0.390. The summed E-state index contributed by atoms with van der Waals surface area (Å²) in [5, 5.41) is 14.8. The Balaban J connectivity index is 2.00. The van der Waals surface area contributed by atoms with Gasteiger partial charge in [-0.3, -0.25) is 10.1 Å². The van der Waals surface area contributed by atoms with Gasteiger partial charge in [-0.2, -0.15) is 0 Å². The van der Waals surface area contributed by atoms with Crippen LogP contribution >= 0.6 is 11.6 Å². The lowest BCUT2D eigenvalue weighted by Gasteiger charge is -2.18. The molecule has 104 valence electrons. The van der Waals surface area contributed by atoms with Gasteiger partial charge < -0.3 is 5.32 Å². The zero-order valence-electron chi connectivity index (χ0n) is 11.3. The van der Waals surface area contributed by atoms with E-state index in [1.54, 1.807) is 12.1 Å². The van der Waals surface area contributed by atoms with Crippen LogP contribution in [0.3, 0.4) is 0 Å². The second-order valence-electron chi connectivity index (χ2n) is 6.02. The summed E-state index contributed by atoms with van der Waals surface area (Å²) >= 11 is 6.08. The van der Waals surface area contributed by atoms with Crippen LogP contribution in [0.5, 0.6) is 0 Å². The fourth-order valence-electron chi connectivity index (χ4n) is 2.67. The molecule has 0 spiro atoms. The molecule has 0 radical (unpaired) electrons. The maximum atomic E-state index is 10.8. The van der Waals surface area contributed by atoms with Crippen LogP contribution in [0.2, 0.25) is 5.02 Å². The van der Waals surface area contributed by atoms with Crippen molar-refractivity contribution in [1.29, 1.82) is 0 Å². The molecule has 1 aliphatic carbocycles. The highest BCUT2D eigenvalue weighted by molar-refractivity contribution is 6.31. The summed E-state index contributed by atoms with van der Waals surface area (Å²) in [6, 6.07) is 5.06. The van der Waals surface area contributed by atoms with E-state index in [4.69, 9.17) is 11.6 Å². The fraction of sp³-hybridized carbons (Fsp3) is 0.571. The third-order valence-electron chi connectivity index (χ3n) is 3.79. The van der Waals surface area contributed by atoms with Crippen LogP contribution in [0.25, 0.3) is 0 Å². The van der Waals surface area contributed by atoms with Crippen molar-refractivity contribution >= 4 is 17.3 Å². The molecule has 1 aliphatic rings. The number of benzene rings is 1. The van der Waals surface area contributed by atoms with Crippen LogP contribution in [0.4, 0.5) is 5.69 Å². The van der Waals surface area contributed by atoms with E-state index in [0.717, 1.165) is 18.4 Å². The average molecular weight is 283 g/mol. The lowest BCUT2D eigenvalue weighted by molar-refractivity contribution is -0.384. The number of nitrogens with zero attached hydrogens (tertiary/aromatic N) is 1. The Hall–Kier alpha value is -1.13. The molecule has 0 amide bonds. The van der Waals surface area contributed by atoms with E-state index in [0.29, 0.717) is 23.0 Å². The smallest absolute Gasteiger partial charge is 0.269 e. The molecule has 1 aromatic carbocycles. The van der Waals surface area contributed by atoms with Crippen LogP contribution < -0.4 is 5.32 Å². The molecule has 1 fully saturated rings. The lowest BCUT2D eigenvalue weighted by atomic mass is 9.92. The van der Waals surface area contributed by atoms with Crippen molar-refractivity contribution in [1.82, 2.24) is 5.32 Å². The maximum absolute atomic E-state index is 10.8. The predicted octanol–water partition coefficient (Wildman–Crippen LogP) is 3.92. The Labute approximate surface area is 118 Å². The first-order valence-corrected chi connectivity index (χ1v) is 6.91. The number of halogens is 1. The van der Waals surface area contributed by atoms with Crippen LogP contribution in [0.15, 0.2) is 18.2 Å². The highest BCUT2D eigenvalue weighted by atomic mass is 35.5. The number of non-ortho nitro benzene ring substituents is 1.